The van der Waals surface area contributed by atoms with Crippen molar-refractivity contribution in [3.8, 4) is 0 Å². The Morgan fingerprint density at radius 1 is 1.15 bits per heavy atom. The van der Waals surface area contributed by atoms with Crippen LogP contribution in [0.4, 0.5) is 5.95 Å². The highest BCUT2D eigenvalue weighted by molar-refractivity contribution is 5.85. The van der Waals surface area contributed by atoms with Gasteiger partial charge in [0.25, 0.3) is 0 Å². The molecule has 4 aliphatic heterocycles. The normalized spacial score (nSPS) is 30.7. The van der Waals surface area contributed by atoms with Crippen molar-refractivity contribution < 1.29 is 14.3 Å². The molecular formula is C18H24N6O3. The lowest BCUT2D eigenvalue weighted by Gasteiger charge is -2.36. The lowest BCUT2D eigenvalue weighted by molar-refractivity contribution is -0.140. The first-order valence-electron chi connectivity index (χ1n) is 9.66. The molecule has 2 amide bonds. The zero-order chi connectivity index (χ0) is 18.4. The van der Waals surface area contributed by atoms with E-state index in [1.54, 1.807) is 12.4 Å². The summed E-state index contributed by atoms with van der Waals surface area (Å²) in [5.41, 5.74) is -0.546. The molecule has 0 radical (unpaired) electrons. The van der Waals surface area contributed by atoms with E-state index in [0.717, 1.165) is 38.5 Å². The zero-order valence-electron chi connectivity index (χ0n) is 15.3. The van der Waals surface area contributed by atoms with Crippen LogP contribution in [0.3, 0.4) is 0 Å². The molecule has 0 unspecified atom stereocenters. The number of aromatic nitrogens is 2. The monoisotopic (exact) mass is 372 g/mol. The van der Waals surface area contributed by atoms with Crippen molar-refractivity contribution in [2.75, 3.05) is 57.3 Å². The topological polar surface area (TPSA) is 82.1 Å². The van der Waals surface area contributed by atoms with E-state index in [-0.39, 0.29) is 17.9 Å². The van der Waals surface area contributed by atoms with Gasteiger partial charge in [0.2, 0.25) is 17.8 Å². The van der Waals surface area contributed by atoms with E-state index < -0.39 is 5.72 Å². The van der Waals surface area contributed by atoms with Gasteiger partial charge in [-0.25, -0.2) is 9.97 Å². The van der Waals surface area contributed by atoms with Gasteiger partial charge in [0.15, 0.2) is 5.72 Å². The van der Waals surface area contributed by atoms with Crippen LogP contribution in [0.2, 0.25) is 0 Å². The molecule has 2 atom stereocenters. The number of nitrogens with zero attached hydrogens (tertiary/aromatic N) is 6. The van der Waals surface area contributed by atoms with Crippen LogP contribution in [0.1, 0.15) is 12.8 Å². The van der Waals surface area contributed by atoms with Crippen molar-refractivity contribution in [2.24, 2.45) is 0 Å². The third kappa shape index (κ3) is 2.68. The number of rotatable bonds is 3. The first-order valence-corrected chi connectivity index (χ1v) is 9.66. The van der Waals surface area contributed by atoms with Gasteiger partial charge in [-0.05, 0) is 6.07 Å². The van der Waals surface area contributed by atoms with E-state index in [1.807, 2.05) is 15.9 Å². The predicted molar refractivity (Wildman–Crippen MR) is 95.8 cm³/mol. The molecule has 1 spiro atoms. The fourth-order valence-electron chi connectivity index (χ4n) is 4.93. The summed E-state index contributed by atoms with van der Waals surface area (Å²) in [7, 11) is 0. The van der Waals surface area contributed by atoms with Crippen molar-refractivity contribution in [3.63, 3.8) is 0 Å². The molecule has 5 heterocycles. The quantitative estimate of drug-likeness (QED) is 0.684. The Bertz CT molecular complexity index is 738. The molecule has 0 aliphatic carbocycles. The van der Waals surface area contributed by atoms with Gasteiger partial charge >= 0.3 is 0 Å². The molecule has 27 heavy (non-hydrogen) atoms. The maximum absolute atomic E-state index is 13.0. The Morgan fingerprint density at radius 2 is 1.93 bits per heavy atom. The molecule has 9 heteroatoms. The third-order valence-electron chi connectivity index (χ3n) is 6.29. The summed E-state index contributed by atoms with van der Waals surface area (Å²) in [5, 5.41) is 0. The van der Waals surface area contributed by atoms with Crippen LogP contribution in [0, 0.1) is 0 Å². The minimum Gasteiger partial charge on any atom is -0.351 e. The maximum Gasteiger partial charge on any atom is 0.237 e. The van der Waals surface area contributed by atoms with Gasteiger partial charge in [-0.3, -0.25) is 14.5 Å². The molecule has 4 saturated heterocycles. The number of carbonyl (C=O) groups excluding carboxylic acids is 2. The fourth-order valence-corrected chi connectivity index (χ4v) is 4.93. The Morgan fingerprint density at radius 3 is 2.70 bits per heavy atom. The highest BCUT2D eigenvalue weighted by Crippen LogP contribution is 2.45. The molecule has 0 aromatic carbocycles. The van der Waals surface area contributed by atoms with E-state index in [2.05, 4.69) is 19.8 Å². The summed E-state index contributed by atoms with van der Waals surface area (Å²) in [6.45, 7) is 5.51. The number of carbonyl (C=O) groups is 2. The molecule has 4 fully saturated rings. The van der Waals surface area contributed by atoms with Crippen molar-refractivity contribution in [2.45, 2.75) is 24.6 Å². The lowest BCUT2D eigenvalue weighted by Crippen LogP contribution is -2.53. The summed E-state index contributed by atoms with van der Waals surface area (Å²) < 4.78 is 5.97. The lowest BCUT2D eigenvalue weighted by atomic mass is 10.1. The van der Waals surface area contributed by atoms with E-state index in [0.29, 0.717) is 32.7 Å². The van der Waals surface area contributed by atoms with Gasteiger partial charge in [-0.15, -0.1) is 0 Å². The number of amides is 2. The van der Waals surface area contributed by atoms with Gasteiger partial charge in [0.1, 0.15) is 0 Å². The number of hydrogen-bond acceptors (Lipinski definition) is 7. The molecule has 0 N–H and O–H groups in total. The van der Waals surface area contributed by atoms with Crippen molar-refractivity contribution in [1.29, 1.82) is 0 Å². The fraction of sp³-hybridized carbons (Fsp3) is 0.667. The maximum atomic E-state index is 13.0. The first-order chi connectivity index (χ1) is 13.2. The highest BCUT2D eigenvalue weighted by atomic mass is 16.5. The van der Waals surface area contributed by atoms with Crippen molar-refractivity contribution >= 4 is 17.8 Å². The molecule has 1 aromatic heterocycles. The van der Waals surface area contributed by atoms with Crippen LogP contribution in [-0.4, -0.2) is 101 Å². The average Bonchev–Trinajstić information content (AvgIpc) is 3.34. The van der Waals surface area contributed by atoms with Crippen LogP contribution < -0.4 is 4.90 Å². The summed E-state index contributed by atoms with van der Waals surface area (Å²) in [5.74, 6) is 0.964. The SMILES string of the molecule is O=C(CN1CCN(c2ncccn2)CC1)N1CC[C@@]23OCCN2C(=O)C[C@@H]13. The van der Waals surface area contributed by atoms with Crippen molar-refractivity contribution in [3.05, 3.63) is 18.5 Å². The molecule has 0 bridgehead atoms. The van der Waals surface area contributed by atoms with Crippen LogP contribution in [0.15, 0.2) is 18.5 Å². The van der Waals surface area contributed by atoms with Crippen LogP contribution in [-0.2, 0) is 14.3 Å². The highest BCUT2D eigenvalue weighted by Gasteiger charge is 2.62. The van der Waals surface area contributed by atoms with Crippen LogP contribution in [0.5, 0.6) is 0 Å². The third-order valence-corrected chi connectivity index (χ3v) is 6.29. The molecule has 1 aromatic rings. The first kappa shape index (κ1) is 16.9. The zero-order valence-corrected chi connectivity index (χ0v) is 15.3. The number of ether oxygens (including phenoxy) is 1. The Labute approximate surface area is 157 Å². The Balaban J connectivity index is 1.19. The van der Waals surface area contributed by atoms with E-state index in [4.69, 9.17) is 4.74 Å². The molecule has 0 saturated carbocycles. The second-order valence-corrected chi connectivity index (χ2v) is 7.61. The summed E-state index contributed by atoms with van der Waals surface area (Å²) in [6.07, 6.45) is 4.62. The van der Waals surface area contributed by atoms with Crippen LogP contribution >= 0.6 is 0 Å². The standard InChI is InChI=1S/C18H24N6O3/c25-15-12-14-18(24(15)10-11-27-18)2-5-23(14)16(26)13-21-6-8-22(9-7-21)17-19-3-1-4-20-17/h1,3-4,14H,2,5-13H2/t14-,18+/m1/s1. The predicted octanol–water partition coefficient (Wildman–Crippen LogP) is -0.842. The minimum absolute atomic E-state index is 0.103. The Hall–Kier alpha value is -2.26. The largest absolute Gasteiger partial charge is 0.351 e. The van der Waals surface area contributed by atoms with Gasteiger partial charge < -0.3 is 19.4 Å². The molecule has 5 rings (SSSR count). The smallest absolute Gasteiger partial charge is 0.237 e. The molecular weight excluding hydrogens is 348 g/mol. The summed E-state index contributed by atoms with van der Waals surface area (Å²) in [6, 6.07) is 1.68. The number of likely N-dealkylation sites (tertiary alicyclic amines) is 1. The molecule has 4 aliphatic rings. The van der Waals surface area contributed by atoms with E-state index in [1.165, 1.54) is 0 Å². The van der Waals surface area contributed by atoms with Gasteiger partial charge in [0.05, 0.1) is 25.6 Å². The van der Waals surface area contributed by atoms with Gasteiger partial charge in [0, 0.05) is 58.1 Å². The second kappa shape index (κ2) is 6.42. The van der Waals surface area contributed by atoms with Gasteiger partial charge in [-0.1, -0.05) is 0 Å². The summed E-state index contributed by atoms with van der Waals surface area (Å²) in [4.78, 5) is 41.9. The number of piperazine rings is 1. The van der Waals surface area contributed by atoms with Gasteiger partial charge in [-0.2, -0.15) is 0 Å². The van der Waals surface area contributed by atoms with E-state index in [9.17, 15) is 9.59 Å². The summed E-state index contributed by atoms with van der Waals surface area (Å²) >= 11 is 0. The minimum atomic E-state index is -0.546. The average molecular weight is 372 g/mol. The number of anilines is 1. The second-order valence-electron chi connectivity index (χ2n) is 7.61. The molecule has 144 valence electrons. The number of hydrogen-bond donors (Lipinski definition) is 0. The van der Waals surface area contributed by atoms with E-state index >= 15 is 0 Å². The molecule has 9 nitrogen and oxygen atoms in total. The van der Waals surface area contributed by atoms with Crippen LogP contribution in [0.25, 0.3) is 0 Å². The Kier molecular flexibility index (Phi) is 4.01. The van der Waals surface area contributed by atoms with Crippen molar-refractivity contribution in [1.82, 2.24) is 24.7 Å².